The Balaban J connectivity index is 1.51. The lowest BCUT2D eigenvalue weighted by atomic mass is 9.94. The molecule has 0 bridgehead atoms. The zero-order valence-electron chi connectivity index (χ0n) is 14.2. The van der Waals surface area contributed by atoms with Crippen molar-refractivity contribution in [2.75, 3.05) is 18.5 Å². The fourth-order valence-electron chi connectivity index (χ4n) is 3.53. The molecule has 3 heterocycles. The lowest BCUT2D eigenvalue weighted by Crippen LogP contribution is -2.19. The molecule has 1 aromatic carbocycles. The van der Waals surface area contributed by atoms with Gasteiger partial charge in [0, 0.05) is 37.4 Å². The lowest BCUT2D eigenvalue weighted by molar-refractivity contribution is 0.0921. The van der Waals surface area contributed by atoms with Crippen molar-refractivity contribution in [1.29, 1.82) is 0 Å². The number of aryl methyl sites for hydroxylation is 2. The zero-order valence-corrected chi connectivity index (χ0v) is 14.2. The molecule has 0 radical (unpaired) electrons. The molecule has 3 aromatic rings. The Morgan fingerprint density at radius 1 is 1.29 bits per heavy atom. The van der Waals surface area contributed by atoms with E-state index in [1.807, 2.05) is 36.0 Å². The van der Waals surface area contributed by atoms with Crippen LogP contribution in [0.15, 0.2) is 28.7 Å². The van der Waals surface area contributed by atoms with E-state index in [0.717, 1.165) is 36.4 Å². The van der Waals surface area contributed by atoms with Gasteiger partial charge in [-0.05, 0) is 32.4 Å². The van der Waals surface area contributed by atoms with Gasteiger partial charge in [0.25, 0.3) is 6.01 Å². The Kier molecular flexibility index (Phi) is 3.76. The molecule has 0 unspecified atom stereocenters. The molecule has 1 saturated heterocycles. The van der Waals surface area contributed by atoms with Crippen LogP contribution in [-0.2, 0) is 11.8 Å². The van der Waals surface area contributed by atoms with Crippen molar-refractivity contribution >= 4 is 17.1 Å². The monoisotopic (exact) mass is 326 g/mol. The smallest absolute Gasteiger partial charge is 0.295 e. The van der Waals surface area contributed by atoms with Crippen molar-refractivity contribution in [2.45, 2.75) is 26.4 Å². The van der Waals surface area contributed by atoms with E-state index in [1.165, 1.54) is 11.3 Å². The van der Waals surface area contributed by atoms with Crippen molar-refractivity contribution in [1.82, 2.24) is 14.8 Å². The number of anilines is 1. The van der Waals surface area contributed by atoms with Crippen LogP contribution < -0.4 is 5.32 Å². The van der Waals surface area contributed by atoms with Gasteiger partial charge in [0.15, 0.2) is 5.58 Å². The summed E-state index contributed by atoms with van der Waals surface area (Å²) in [5, 5.41) is 7.86. The van der Waals surface area contributed by atoms with E-state index in [1.54, 1.807) is 0 Å². The van der Waals surface area contributed by atoms with Gasteiger partial charge in [-0.3, -0.25) is 4.68 Å². The average molecular weight is 326 g/mol. The Hall–Kier alpha value is -2.34. The molecule has 1 N–H and O–H groups in total. The van der Waals surface area contributed by atoms with Gasteiger partial charge in [-0.2, -0.15) is 10.1 Å². The van der Waals surface area contributed by atoms with Gasteiger partial charge in [-0.25, -0.2) is 0 Å². The lowest BCUT2D eigenvalue weighted by Gasteiger charge is -2.19. The molecule has 0 saturated carbocycles. The molecular weight excluding hydrogens is 304 g/mol. The fourth-order valence-corrected chi connectivity index (χ4v) is 3.53. The van der Waals surface area contributed by atoms with Crippen LogP contribution in [0.5, 0.6) is 0 Å². The van der Waals surface area contributed by atoms with Crippen LogP contribution in [0.25, 0.3) is 11.1 Å². The van der Waals surface area contributed by atoms with Crippen molar-refractivity contribution in [2.24, 2.45) is 13.0 Å². The number of aromatic nitrogens is 3. The van der Waals surface area contributed by atoms with E-state index in [0.29, 0.717) is 11.9 Å². The third-order valence-electron chi connectivity index (χ3n) is 4.87. The van der Waals surface area contributed by atoms with Crippen LogP contribution in [0.4, 0.5) is 6.01 Å². The number of hydrogen-bond acceptors (Lipinski definition) is 5. The molecule has 6 heteroatoms. The standard InChI is InChI=1S/C18H22N4O2/c1-11-16(12(2)22(3)21-11)17-13(8-9-23-17)10-19-18-20-14-6-4-5-7-15(14)24-18/h4-7,13,17H,8-10H2,1-3H3,(H,19,20)/t13-,17+/m1/s1. The van der Waals surface area contributed by atoms with Crippen molar-refractivity contribution in [3.05, 3.63) is 41.2 Å². The number of hydrogen-bond donors (Lipinski definition) is 1. The minimum Gasteiger partial charge on any atom is -0.424 e. The number of rotatable bonds is 4. The molecule has 4 rings (SSSR count). The summed E-state index contributed by atoms with van der Waals surface area (Å²) >= 11 is 0. The van der Waals surface area contributed by atoms with Gasteiger partial charge in [0.05, 0.1) is 11.8 Å². The Bertz CT molecular complexity index is 834. The molecule has 0 spiro atoms. The molecule has 6 nitrogen and oxygen atoms in total. The fraction of sp³-hybridized carbons (Fsp3) is 0.444. The average Bonchev–Trinajstić information content (AvgIpc) is 3.24. The first-order valence-electron chi connectivity index (χ1n) is 8.34. The minimum absolute atomic E-state index is 0.0792. The maximum Gasteiger partial charge on any atom is 0.295 e. The summed E-state index contributed by atoms with van der Waals surface area (Å²) in [6, 6.07) is 8.36. The summed E-state index contributed by atoms with van der Waals surface area (Å²) in [5.41, 5.74) is 5.12. The molecule has 1 aliphatic heterocycles. The molecule has 2 atom stereocenters. The largest absolute Gasteiger partial charge is 0.424 e. The number of oxazole rings is 1. The second kappa shape index (κ2) is 5.94. The first-order chi connectivity index (χ1) is 11.6. The van der Waals surface area contributed by atoms with E-state index < -0.39 is 0 Å². The molecule has 1 fully saturated rings. The Morgan fingerprint density at radius 2 is 2.12 bits per heavy atom. The van der Waals surface area contributed by atoms with Crippen molar-refractivity contribution in [3.63, 3.8) is 0 Å². The number of para-hydroxylation sites is 2. The number of nitrogens with one attached hydrogen (secondary N) is 1. The van der Waals surface area contributed by atoms with E-state index in [2.05, 4.69) is 29.2 Å². The summed E-state index contributed by atoms with van der Waals surface area (Å²) in [4.78, 5) is 4.48. The minimum atomic E-state index is 0.0792. The number of ether oxygens (including phenoxy) is 1. The molecule has 2 aromatic heterocycles. The molecule has 1 aliphatic rings. The van der Waals surface area contributed by atoms with E-state index in [4.69, 9.17) is 9.15 Å². The first-order valence-corrected chi connectivity index (χ1v) is 8.34. The Labute approximate surface area is 140 Å². The highest BCUT2D eigenvalue weighted by Gasteiger charge is 2.33. The van der Waals surface area contributed by atoms with E-state index >= 15 is 0 Å². The number of nitrogens with zero attached hydrogens (tertiary/aromatic N) is 3. The second-order valence-corrected chi connectivity index (χ2v) is 6.42. The summed E-state index contributed by atoms with van der Waals surface area (Å²) in [5.74, 6) is 0.376. The summed E-state index contributed by atoms with van der Waals surface area (Å²) in [7, 11) is 1.98. The van der Waals surface area contributed by atoms with Gasteiger partial charge in [0.1, 0.15) is 5.52 Å². The van der Waals surface area contributed by atoms with Crippen LogP contribution >= 0.6 is 0 Å². The summed E-state index contributed by atoms with van der Waals surface area (Å²) in [6.45, 7) is 5.70. The van der Waals surface area contributed by atoms with E-state index in [-0.39, 0.29) is 6.10 Å². The van der Waals surface area contributed by atoms with Crippen LogP contribution in [0, 0.1) is 19.8 Å². The molecule has 24 heavy (non-hydrogen) atoms. The van der Waals surface area contributed by atoms with Crippen LogP contribution in [-0.4, -0.2) is 27.9 Å². The van der Waals surface area contributed by atoms with Gasteiger partial charge >= 0.3 is 0 Å². The maximum atomic E-state index is 6.03. The van der Waals surface area contributed by atoms with Gasteiger partial charge in [-0.1, -0.05) is 12.1 Å². The van der Waals surface area contributed by atoms with Crippen LogP contribution in [0.2, 0.25) is 0 Å². The second-order valence-electron chi connectivity index (χ2n) is 6.42. The van der Waals surface area contributed by atoms with Crippen molar-refractivity contribution in [3.8, 4) is 0 Å². The third kappa shape index (κ3) is 2.57. The third-order valence-corrected chi connectivity index (χ3v) is 4.87. The van der Waals surface area contributed by atoms with Gasteiger partial charge in [0.2, 0.25) is 0 Å². The zero-order chi connectivity index (χ0) is 16.7. The number of benzene rings is 1. The van der Waals surface area contributed by atoms with Gasteiger partial charge in [-0.15, -0.1) is 0 Å². The highest BCUT2D eigenvalue weighted by atomic mass is 16.5. The van der Waals surface area contributed by atoms with Crippen LogP contribution in [0.3, 0.4) is 0 Å². The number of fused-ring (bicyclic) bond motifs is 1. The Morgan fingerprint density at radius 3 is 2.88 bits per heavy atom. The predicted molar refractivity (Wildman–Crippen MR) is 92.0 cm³/mol. The van der Waals surface area contributed by atoms with Crippen LogP contribution in [0.1, 0.15) is 29.5 Å². The maximum absolute atomic E-state index is 6.03. The normalized spacial score (nSPS) is 20.8. The highest BCUT2D eigenvalue weighted by Crippen LogP contribution is 2.37. The molecular formula is C18H22N4O2. The van der Waals surface area contributed by atoms with E-state index in [9.17, 15) is 0 Å². The quantitative estimate of drug-likeness (QED) is 0.796. The summed E-state index contributed by atoms with van der Waals surface area (Å²) in [6.07, 6.45) is 1.10. The SMILES string of the molecule is Cc1nn(C)c(C)c1[C@H]1OCC[C@@H]1CNc1nc2ccccc2o1. The van der Waals surface area contributed by atoms with Crippen molar-refractivity contribution < 1.29 is 9.15 Å². The highest BCUT2D eigenvalue weighted by molar-refractivity contribution is 5.74. The molecule has 0 amide bonds. The van der Waals surface area contributed by atoms with Gasteiger partial charge < -0.3 is 14.5 Å². The predicted octanol–water partition coefficient (Wildman–Crippen LogP) is 3.37. The molecule has 0 aliphatic carbocycles. The topological polar surface area (TPSA) is 65.1 Å². The first kappa shape index (κ1) is 15.2. The molecule has 126 valence electrons. The summed E-state index contributed by atoms with van der Waals surface area (Å²) < 4.78 is 13.7.